The summed E-state index contributed by atoms with van der Waals surface area (Å²) in [4.78, 5) is 12.0. The van der Waals surface area contributed by atoms with Gasteiger partial charge in [-0.25, -0.2) is 4.39 Å². The van der Waals surface area contributed by atoms with Gasteiger partial charge in [-0.2, -0.15) is 0 Å². The van der Waals surface area contributed by atoms with Gasteiger partial charge in [-0.3, -0.25) is 4.79 Å². The molecule has 2 rings (SSSR count). The molecule has 0 bridgehead atoms. The molecule has 0 aliphatic rings. The first kappa shape index (κ1) is 19.1. The Morgan fingerprint density at radius 3 is 2.24 bits per heavy atom. The minimum absolute atomic E-state index is 0.0359. The molecule has 0 aliphatic heterocycles. The van der Waals surface area contributed by atoms with Crippen LogP contribution in [0.2, 0.25) is 0 Å². The van der Waals surface area contributed by atoms with Crippen LogP contribution in [0.4, 0.5) is 4.39 Å². The van der Waals surface area contributed by atoms with E-state index >= 15 is 0 Å². The minimum atomic E-state index is -0.518. The molecule has 0 radical (unpaired) electrons. The number of carbonyl (C=O) groups is 1. The summed E-state index contributed by atoms with van der Waals surface area (Å²) in [6.45, 7) is 0.0540. The number of ether oxygens (including phenoxy) is 4. The van der Waals surface area contributed by atoms with E-state index in [1.807, 2.05) is 0 Å². The molecule has 134 valence electrons. The Labute approximate surface area is 153 Å². The predicted molar refractivity (Wildman–Crippen MR) is 93.7 cm³/mol. The van der Waals surface area contributed by atoms with Crippen molar-refractivity contribution in [2.45, 2.75) is 13.0 Å². The summed E-state index contributed by atoms with van der Waals surface area (Å²) in [5, 5.41) is 0. The fourth-order valence-electron chi connectivity index (χ4n) is 2.20. The van der Waals surface area contributed by atoms with Crippen molar-refractivity contribution in [1.29, 1.82) is 0 Å². The Kier molecular flexibility index (Phi) is 6.64. The predicted octanol–water partition coefficient (Wildman–Crippen LogP) is 3.90. The Bertz CT molecular complexity index is 763. The lowest BCUT2D eigenvalue weighted by atomic mass is 10.1. The lowest BCUT2D eigenvalue weighted by molar-refractivity contribution is -0.144. The van der Waals surface area contributed by atoms with Crippen LogP contribution in [0.1, 0.15) is 11.1 Å². The molecule has 0 N–H and O–H groups in total. The van der Waals surface area contributed by atoms with E-state index in [2.05, 4.69) is 15.9 Å². The molecular formula is C18H18BrFO5. The van der Waals surface area contributed by atoms with Crippen LogP contribution in [0.25, 0.3) is 0 Å². The third kappa shape index (κ3) is 4.85. The average molecular weight is 413 g/mol. The van der Waals surface area contributed by atoms with Gasteiger partial charge < -0.3 is 18.9 Å². The molecule has 0 saturated carbocycles. The minimum Gasteiger partial charge on any atom is -0.494 e. The van der Waals surface area contributed by atoms with Gasteiger partial charge in [0, 0.05) is 10.0 Å². The fraction of sp³-hybridized carbons (Fsp3) is 0.278. The van der Waals surface area contributed by atoms with Gasteiger partial charge in [0.05, 0.1) is 27.8 Å². The summed E-state index contributed by atoms with van der Waals surface area (Å²) >= 11 is 3.40. The summed E-state index contributed by atoms with van der Waals surface area (Å²) in [5.74, 6) is 0.250. The van der Waals surface area contributed by atoms with Crippen LogP contribution in [0.5, 0.6) is 17.2 Å². The molecule has 0 saturated heterocycles. The SMILES string of the molecule is COc1ccc(CC(=O)OCc2cc(OC)c(OC)cc2Br)cc1F. The molecule has 0 spiro atoms. The Morgan fingerprint density at radius 1 is 1.00 bits per heavy atom. The summed E-state index contributed by atoms with van der Waals surface area (Å²) in [7, 11) is 4.45. The zero-order chi connectivity index (χ0) is 18.4. The molecule has 25 heavy (non-hydrogen) atoms. The van der Waals surface area contributed by atoms with E-state index in [-0.39, 0.29) is 18.8 Å². The van der Waals surface area contributed by atoms with Gasteiger partial charge in [0.25, 0.3) is 0 Å². The normalized spacial score (nSPS) is 10.3. The molecule has 2 aromatic rings. The smallest absolute Gasteiger partial charge is 0.310 e. The number of halogens is 2. The van der Waals surface area contributed by atoms with Gasteiger partial charge in [0.2, 0.25) is 0 Å². The second-order valence-electron chi connectivity index (χ2n) is 5.10. The fourth-order valence-corrected chi connectivity index (χ4v) is 2.64. The zero-order valence-electron chi connectivity index (χ0n) is 14.1. The molecule has 5 nitrogen and oxygen atoms in total. The molecule has 0 unspecified atom stereocenters. The van der Waals surface area contributed by atoms with E-state index in [0.717, 1.165) is 10.0 Å². The van der Waals surface area contributed by atoms with Crippen molar-refractivity contribution in [3.05, 3.63) is 51.7 Å². The van der Waals surface area contributed by atoms with Gasteiger partial charge in [-0.15, -0.1) is 0 Å². The molecule has 0 atom stereocenters. The first-order valence-electron chi connectivity index (χ1n) is 7.37. The van der Waals surface area contributed by atoms with Crippen LogP contribution in [0.15, 0.2) is 34.8 Å². The first-order valence-corrected chi connectivity index (χ1v) is 8.16. The van der Waals surface area contributed by atoms with E-state index in [9.17, 15) is 9.18 Å². The Morgan fingerprint density at radius 2 is 1.64 bits per heavy atom. The Hall–Kier alpha value is -2.28. The highest BCUT2D eigenvalue weighted by Gasteiger charge is 2.13. The van der Waals surface area contributed by atoms with Gasteiger partial charge in [0.15, 0.2) is 23.1 Å². The molecule has 0 fully saturated rings. The second-order valence-corrected chi connectivity index (χ2v) is 5.96. The number of hydrogen-bond donors (Lipinski definition) is 0. The van der Waals surface area contributed by atoms with Crippen LogP contribution >= 0.6 is 15.9 Å². The van der Waals surface area contributed by atoms with Crippen molar-refractivity contribution in [3.8, 4) is 17.2 Å². The molecule has 0 aromatic heterocycles. The summed E-state index contributed by atoms with van der Waals surface area (Å²) in [5.41, 5.74) is 1.24. The summed E-state index contributed by atoms with van der Waals surface area (Å²) < 4.78 is 34.9. The molecule has 7 heteroatoms. The summed E-state index contributed by atoms with van der Waals surface area (Å²) in [6, 6.07) is 7.81. The largest absolute Gasteiger partial charge is 0.494 e. The molecule has 0 heterocycles. The lowest BCUT2D eigenvalue weighted by Crippen LogP contribution is -2.09. The van der Waals surface area contributed by atoms with Crippen LogP contribution < -0.4 is 14.2 Å². The standard InChI is InChI=1S/C18H18BrFO5/c1-22-15-5-4-11(6-14(15)20)7-18(21)25-10-12-8-16(23-2)17(24-3)9-13(12)19/h4-6,8-9H,7,10H2,1-3H3. The lowest BCUT2D eigenvalue weighted by Gasteiger charge is -2.12. The maximum atomic E-state index is 13.7. The van der Waals surface area contributed by atoms with Crippen molar-refractivity contribution < 1.29 is 28.1 Å². The van der Waals surface area contributed by atoms with Crippen LogP contribution in [-0.2, 0) is 22.6 Å². The van der Waals surface area contributed by atoms with Crippen molar-refractivity contribution >= 4 is 21.9 Å². The van der Waals surface area contributed by atoms with E-state index in [0.29, 0.717) is 17.1 Å². The molecule has 2 aromatic carbocycles. The number of rotatable bonds is 7. The zero-order valence-corrected chi connectivity index (χ0v) is 15.7. The number of methoxy groups -OCH3 is 3. The van der Waals surface area contributed by atoms with Gasteiger partial charge in [-0.1, -0.05) is 22.0 Å². The number of carbonyl (C=O) groups excluding carboxylic acids is 1. The van der Waals surface area contributed by atoms with Crippen molar-refractivity contribution in [1.82, 2.24) is 0 Å². The summed E-state index contributed by atoms with van der Waals surface area (Å²) in [6.07, 6.45) is -0.0359. The second kappa shape index (κ2) is 8.71. The topological polar surface area (TPSA) is 54.0 Å². The van der Waals surface area contributed by atoms with Crippen LogP contribution in [0, 0.1) is 5.82 Å². The van der Waals surface area contributed by atoms with E-state index in [4.69, 9.17) is 18.9 Å². The molecular weight excluding hydrogens is 395 g/mol. The Balaban J connectivity index is 2.01. The highest BCUT2D eigenvalue weighted by atomic mass is 79.9. The molecule has 0 aliphatic carbocycles. The van der Waals surface area contributed by atoms with E-state index in [1.165, 1.54) is 33.5 Å². The third-order valence-electron chi connectivity index (χ3n) is 3.51. The third-order valence-corrected chi connectivity index (χ3v) is 4.24. The maximum Gasteiger partial charge on any atom is 0.310 e. The first-order chi connectivity index (χ1) is 12.0. The highest BCUT2D eigenvalue weighted by Crippen LogP contribution is 2.33. The maximum absolute atomic E-state index is 13.7. The van der Waals surface area contributed by atoms with E-state index < -0.39 is 11.8 Å². The number of benzene rings is 2. The van der Waals surface area contributed by atoms with Crippen LogP contribution in [0.3, 0.4) is 0 Å². The van der Waals surface area contributed by atoms with Crippen molar-refractivity contribution in [3.63, 3.8) is 0 Å². The quantitative estimate of drug-likeness (QED) is 0.645. The number of esters is 1. The van der Waals surface area contributed by atoms with Gasteiger partial charge >= 0.3 is 5.97 Å². The highest BCUT2D eigenvalue weighted by molar-refractivity contribution is 9.10. The van der Waals surface area contributed by atoms with Crippen molar-refractivity contribution in [2.24, 2.45) is 0 Å². The van der Waals surface area contributed by atoms with Crippen molar-refractivity contribution in [2.75, 3.05) is 21.3 Å². The monoisotopic (exact) mass is 412 g/mol. The average Bonchev–Trinajstić information content (AvgIpc) is 2.60. The molecule has 0 amide bonds. The number of hydrogen-bond acceptors (Lipinski definition) is 5. The van der Waals surface area contributed by atoms with E-state index in [1.54, 1.807) is 18.2 Å². The van der Waals surface area contributed by atoms with Crippen LogP contribution in [-0.4, -0.2) is 27.3 Å². The van der Waals surface area contributed by atoms with Gasteiger partial charge in [0.1, 0.15) is 6.61 Å². The van der Waals surface area contributed by atoms with Gasteiger partial charge in [-0.05, 0) is 29.8 Å².